The zero-order chi connectivity index (χ0) is 19.5. The fraction of sp³-hybridized carbons (Fsp3) is 0.154. The van der Waals surface area contributed by atoms with Gasteiger partial charge in [-0.05, 0) is 63.0 Å². The van der Waals surface area contributed by atoms with Gasteiger partial charge in [0.1, 0.15) is 11.5 Å². The van der Waals surface area contributed by atoms with Gasteiger partial charge in [0.05, 0.1) is 7.11 Å². The zero-order valence-corrected chi connectivity index (χ0v) is 16.3. The van der Waals surface area contributed by atoms with Crippen molar-refractivity contribution < 1.29 is 9.84 Å². The fourth-order valence-corrected chi connectivity index (χ4v) is 4.64. The second-order valence-corrected chi connectivity index (χ2v) is 7.95. The van der Waals surface area contributed by atoms with Gasteiger partial charge in [0, 0.05) is 10.8 Å². The van der Waals surface area contributed by atoms with Gasteiger partial charge in [0.25, 0.3) is 0 Å². The van der Waals surface area contributed by atoms with E-state index in [0.29, 0.717) is 0 Å². The highest BCUT2D eigenvalue weighted by Crippen LogP contribution is 2.52. The third-order valence-corrected chi connectivity index (χ3v) is 6.08. The molecule has 0 amide bonds. The molecule has 0 fully saturated rings. The van der Waals surface area contributed by atoms with E-state index < -0.39 is 0 Å². The van der Waals surface area contributed by atoms with Crippen molar-refractivity contribution in [2.75, 3.05) is 7.11 Å². The van der Waals surface area contributed by atoms with Crippen molar-refractivity contribution in [3.05, 3.63) is 83.9 Å². The van der Waals surface area contributed by atoms with Gasteiger partial charge in [-0.15, -0.1) is 0 Å². The molecule has 5 rings (SSSR count). The van der Waals surface area contributed by atoms with Gasteiger partial charge in [0.15, 0.2) is 0 Å². The van der Waals surface area contributed by atoms with Crippen molar-refractivity contribution in [2.45, 2.75) is 19.3 Å². The highest BCUT2D eigenvalue weighted by Gasteiger charge is 2.34. The Kier molecular flexibility index (Phi) is 3.54. The fourth-order valence-electron chi connectivity index (χ4n) is 4.64. The monoisotopic (exact) mass is 366 g/mol. The first-order chi connectivity index (χ1) is 13.5. The van der Waals surface area contributed by atoms with Gasteiger partial charge in [-0.2, -0.15) is 0 Å². The average molecular weight is 366 g/mol. The number of aromatic hydroxyl groups is 1. The Morgan fingerprint density at radius 3 is 2.14 bits per heavy atom. The maximum atomic E-state index is 10.9. The van der Waals surface area contributed by atoms with Crippen LogP contribution in [0.15, 0.2) is 72.8 Å². The highest BCUT2D eigenvalue weighted by molar-refractivity contribution is 6.06. The predicted molar refractivity (Wildman–Crippen MR) is 115 cm³/mol. The number of phenols is 1. The van der Waals surface area contributed by atoms with Gasteiger partial charge in [-0.3, -0.25) is 0 Å². The van der Waals surface area contributed by atoms with E-state index in [9.17, 15) is 5.11 Å². The molecule has 0 atom stereocenters. The minimum Gasteiger partial charge on any atom is -0.507 e. The second kappa shape index (κ2) is 5.87. The van der Waals surface area contributed by atoms with Crippen LogP contribution in [0, 0.1) is 0 Å². The summed E-state index contributed by atoms with van der Waals surface area (Å²) in [7, 11) is 1.65. The van der Waals surface area contributed by atoms with Crippen LogP contribution in [0.3, 0.4) is 0 Å². The van der Waals surface area contributed by atoms with Gasteiger partial charge >= 0.3 is 0 Å². The number of fused-ring (bicyclic) bond motifs is 7. The summed E-state index contributed by atoms with van der Waals surface area (Å²) >= 11 is 0. The van der Waals surface area contributed by atoms with Crippen LogP contribution in [-0.4, -0.2) is 12.2 Å². The molecule has 0 radical (unpaired) electrons. The summed E-state index contributed by atoms with van der Waals surface area (Å²) in [5.74, 6) is 1.03. The molecule has 4 aromatic carbocycles. The standard InChI is InChI=1S/C26H22O2/c1-26(2)22-11-7-6-9-18(22)17-8-4-5-10-19(17)25-20-13-12-16(28-3)14-21(20)24(27)15-23(25)26/h4-15,27H,1-3H3. The minimum absolute atomic E-state index is 0.253. The molecule has 0 heterocycles. The first kappa shape index (κ1) is 16.9. The van der Waals surface area contributed by atoms with Crippen LogP contribution in [0.1, 0.15) is 25.0 Å². The van der Waals surface area contributed by atoms with Crippen molar-refractivity contribution in [3.63, 3.8) is 0 Å². The summed E-state index contributed by atoms with van der Waals surface area (Å²) in [6.07, 6.45) is 0. The smallest absolute Gasteiger partial charge is 0.123 e. The van der Waals surface area contributed by atoms with E-state index in [-0.39, 0.29) is 11.2 Å². The summed E-state index contributed by atoms with van der Waals surface area (Å²) in [5.41, 5.74) is 7.02. The highest BCUT2D eigenvalue weighted by atomic mass is 16.5. The molecule has 0 saturated heterocycles. The largest absolute Gasteiger partial charge is 0.507 e. The number of benzene rings is 4. The molecule has 2 nitrogen and oxygen atoms in total. The predicted octanol–water partition coefficient (Wildman–Crippen LogP) is 6.53. The molecule has 0 saturated carbocycles. The number of methoxy groups -OCH3 is 1. The molecule has 138 valence electrons. The third kappa shape index (κ3) is 2.21. The van der Waals surface area contributed by atoms with Crippen molar-refractivity contribution in [2.24, 2.45) is 0 Å². The van der Waals surface area contributed by atoms with E-state index in [1.807, 2.05) is 18.2 Å². The van der Waals surface area contributed by atoms with E-state index in [4.69, 9.17) is 4.74 Å². The molecule has 0 aromatic heterocycles. The number of rotatable bonds is 1. The van der Waals surface area contributed by atoms with Crippen molar-refractivity contribution in [1.29, 1.82) is 0 Å². The van der Waals surface area contributed by atoms with E-state index in [0.717, 1.165) is 22.1 Å². The van der Waals surface area contributed by atoms with E-state index >= 15 is 0 Å². The lowest BCUT2D eigenvalue weighted by atomic mass is 9.74. The number of hydrogen-bond donors (Lipinski definition) is 1. The third-order valence-electron chi connectivity index (χ3n) is 6.08. The lowest BCUT2D eigenvalue weighted by Crippen LogP contribution is -2.20. The molecule has 1 aliphatic carbocycles. The van der Waals surface area contributed by atoms with Crippen LogP contribution < -0.4 is 4.74 Å². The summed E-state index contributed by atoms with van der Waals surface area (Å²) in [5, 5.41) is 12.8. The molecule has 1 aliphatic rings. The number of phenolic OH excluding ortho intramolecular Hbond substituents is 1. The SMILES string of the molecule is COc1ccc2c3c(cc(O)c2c1)C(C)(C)c1ccccc1-c1ccccc1-3. The minimum atomic E-state index is -0.253. The van der Waals surface area contributed by atoms with Crippen LogP contribution in [0.2, 0.25) is 0 Å². The van der Waals surface area contributed by atoms with E-state index in [1.54, 1.807) is 7.11 Å². The Balaban J connectivity index is 2.01. The Bertz CT molecular complexity index is 1230. The molecular formula is C26H22O2. The van der Waals surface area contributed by atoms with E-state index in [2.05, 4.69) is 68.4 Å². The Morgan fingerprint density at radius 2 is 1.39 bits per heavy atom. The molecule has 2 heteroatoms. The van der Waals surface area contributed by atoms with Crippen LogP contribution in [0.25, 0.3) is 33.0 Å². The molecule has 0 aliphatic heterocycles. The molecule has 0 unspecified atom stereocenters. The molecule has 1 N–H and O–H groups in total. The zero-order valence-electron chi connectivity index (χ0n) is 16.3. The average Bonchev–Trinajstić information content (AvgIpc) is 2.80. The Labute approximate surface area is 165 Å². The first-order valence-corrected chi connectivity index (χ1v) is 9.56. The Hall–Kier alpha value is -3.26. The van der Waals surface area contributed by atoms with Crippen molar-refractivity contribution >= 4 is 10.8 Å². The lowest BCUT2D eigenvalue weighted by molar-refractivity contribution is 0.415. The van der Waals surface area contributed by atoms with Crippen LogP contribution in [0.4, 0.5) is 0 Å². The van der Waals surface area contributed by atoms with Crippen molar-refractivity contribution in [1.82, 2.24) is 0 Å². The van der Waals surface area contributed by atoms with Crippen LogP contribution in [0.5, 0.6) is 11.5 Å². The molecule has 4 aromatic rings. The molecular weight excluding hydrogens is 344 g/mol. The maximum absolute atomic E-state index is 10.9. The van der Waals surface area contributed by atoms with E-state index in [1.165, 1.54) is 27.8 Å². The Morgan fingerprint density at radius 1 is 0.714 bits per heavy atom. The number of ether oxygens (including phenoxy) is 1. The van der Waals surface area contributed by atoms with Gasteiger partial charge < -0.3 is 9.84 Å². The number of hydrogen-bond acceptors (Lipinski definition) is 2. The summed E-state index contributed by atoms with van der Waals surface area (Å²) in [6.45, 7) is 4.48. The molecule has 0 spiro atoms. The second-order valence-electron chi connectivity index (χ2n) is 7.95. The summed E-state index contributed by atoms with van der Waals surface area (Å²) < 4.78 is 5.40. The van der Waals surface area contributed by atoms with Crippen molar-refractivity contribution in [3.8, 4) is 33.8 Å². The quantitative estimate of drug-likeness (QED) is 0.415. The summed E-state index contributed by atoms with van der Waals surface area (Å²) in [4.78, 5) is 0. The maximum Gasteiger partial charge on any atom is 0.123 e. The van der Waals surface area contributed by atoms with Gasteiger partial charge in [-0.25, -0.2) is 0 Å². The topological polar surface area (TPSA) is 29.5 Å². The first-order valence-electron chi connectivity index (χ1n) is 9.56. The van der Waals surface area contributed by atoms with Gasteiger partial charge in [0.2, 0.25) is 0 Å². The van der Waals surface area contributed by atoms with Crippen LogP contribution in [-0.2, 0) is 5.41 Å². The molecule has 0 bridgehead atoms. The van der Waals surface area contributed by atoms with Gasteiger partial charge in [-0.1, -0.05) is 62.4 Å². The normalized spacial score (nSPS) is 14.0. The lowest BCUT2D eigenvalue weighted by Gasteiger charge is -2.29. The molecule has 28 heavy (non-hydrogen) atoms. The van der Waals surface area contributed by atoms with Crippen LogP contribution >= 0.6 is 0 Å². The summed E-state index contributed by atoms with van der Waals surface area (Å²) in [6, 6.07) is 25.1.